The van der Waals surface area contributed by atoms with E-state index in [1.54, 1.807) is 25.3 Å². The van der Waals surface area contributed by atoms with E-state index < -0.39 is 10.0 Å². The highest BCUT2D eigenvalue weighted by molar-refractivity contribution is 7.89. The summed E-state index contributed by atoms with van der Waals surface area (Å²) in [5.41, 5.74) is 1.90. The Hall–Kier alpha value is -2.05. The number of methoxy groups -OCH3 is 1. The Labute approximate surface area is 169 Å². The van der Waals surface area contributed by atoms with Gasteiger partial charge in [0.2, 0.25) is 10.0 Å². The quantitative estimate of drug-likeness (QED) is 0.658. The van der Waals surface area contributed by atoms with Gasteiger partial charge in [0.05, 0.1) is 12.0 Å². The van der Waals surface area contributed by atoms with Crippen LogP contribution in [0.1, 0.15) is 51.7 Å². The lowest BCUT2D eigenvalue weighted by Gasteiger charge is -2.22. The maximum Gasteiger partial charge on any atom is 0.240 e. The Morgan fingerprint density at radius 1 is 1.04 bits per heavy atom. The van der Waals surface area contributed by atoms with Gasteiger partial charge < -0.3 is 9.47 Å². The highest BCUT2D eigenvalue weighted by atomic mass is 32.2. The number of para-hydroxylation sites is 1. The first-order valence-electron chi connectivity index (χ1n) is 9.46. The molecule has 0 unspecified atom stereocenters. The number of nitrogens with one attached hydrogen (secondary N) is 1. The molecule has 154 valence electrons. The van der Waals surface area contributed by atoms with Crippen molar-refractivity contribution in [1.29, 1.82) is 0 Å². The van der Waals surface area contributed by atoms with E-state index >= 15 is 0 Å². The van der Waals surface area contributed by atoms with Crippen molar-refractivity contribution in [2.75, 3.05) is 20.3 Å². The van der Waals surface area contributed by atoms with E-state index in [0.29, 0.717) is 5.75 Å². The van der Waals surface area contributed by atoms with Gasteiger partial charge in [0.25, 0.3) is 0 Å². The molecule has 5 nitrogen and oxygen atoms in total. The summed E-state index contributed by atoms with van der Waals surface area (Å²) in [5, 5.41) is 0. The molecule has 0 saturated heterocycles. The minimum absolute atomic E-state index is 0.0492. The van der Waals surface area contributed by atoms with Crippen LogP contribution in [0.3, 0.4) is 0 Å². The number of sulfonamides is 1. The summed E-state index contributed by atoms with van der Waals surface area (Å²) in [6.07, 6.45) is 0. The van der Waals surface area contributed by atoms with Gasteiger partial charge in [0.1, 0.15) is 18.1 Å². The molecule has 0 saturated carbocycles. The molecule has 0 bridgehead atoms. The van der Waals surface area contributed by atoms with E-state index in [4.69, 9.17) is 9.47 Å². The first kappa shape index (κ1) is 22.2. The standard InChI is InChI=1S/C22H31NO4S/c1-16(2)18-15-17(11-12-20(18)26-6)28(24,25)23-13-14-27-21-10-8-7-9-19(21)22(3,4)5/h7-12,15-16,23H,13-14H2,1-6H3. The molecule has 6 heteroatoms. The van der Waals surface area contributed by atoms with Crippen LogP contribution in [0, 0.1) is 0 Å². The first-order chi connectivity index (χ1) is 13.1. The average Bonchev–Trinajstić information content (AvgIpc) is 2.64. The van der Waals surface area contributed by atoms with Crippen molar-refractivity contribution in [3.8, 4) is 11.5 Å². The van der Waals surface area contributed by atoms with E-state index in [9.17, 15) is 8.42 Å². The Morgan fingerprint density at radius 2 is 1.71 bits per heavy atom. The molecule has 28 heavy (non-hydrogen) atoms. The van der Waals surface area contributed by atoms with Gasteiger partial charge in [-0.25, -0.2) is 13.1 Å². The Balaban J connectivity index is 2.05. The predicted molar refractivity (Wildman–Crippen MR) is 113 cm³/mol. The second-order valence-electron chi connectivity index (χ2n) is 8.05. The van der Waals surface area contributed by atoms with Crippen molar-refractivity contribution < 1.29 is 17.9 Å². The molecule has 0 aliphatic carbocycles. The Morgan fingerprint density at radius 3 is 2.32 bits per heavy atom. The molecule has 0 atom stereocenters. The van der Waals surface area contributed by atoms with Crippen LogP contribution in [0.15, 0.2) is 47.4 Å². The third kappa shape index (κ3) is 5.49. The molecule has 1 N–H and O–H groups in total. The highest BCUT2D eigenvalue weighted by Gasteiger charge is 2.19. The smallest absolute Gasteiger partial charge is 0.240 e. The second-order valence-corrected chi connectivity index (χ2v) is 9.82. The van der Waals surface area contributed by atoms with Gasteiger partial charge >= 0.3 is 0 Å². The average molecular weight is 406 g/mol. The monoisotopic (exact) mass is 405 g/mol. The summed E-state index contributed by atoms with van der Waals surface area (Å²) in [4.78, 5) is 0.229. The molecular weight excluding hydrogens is 374 g/mol. The van der Waals surface area contributed by atoms with Crippen molar-refractivity contribution in [2.24, 2.45) is 0 Å². The third-order valence-electron chi connectivity index (χ3n) is 4.48. The molecule has 0 fully saturated rings. The van der Waals surface area contributed by atoms with Gasteiger partial charge in [-0.1, -0.05) is 52.8 Å². The third-order valence-corrected chi connectivity index (χ3v) is 5.94. The summed E-state index contributed by atoms with van der Waals surface area (Å²) in [6, 6.07) is 12.8. The molecule has 2 aromatic rings. The molecule has 0 radical (unpaired) electrons. The molecule has 0 heterocycles. The van der Waals surface area contributed by atoms with Crippen LogP contribution < -0.4 is 14.2 Å². The second kappa shape index (κ2) is 8.97. The van der Waals surface area contributed by atoms with E-state index in [1.807, 2.05) is 38.1 Å². The fourth-order valence-electron chi connectivity index (χ4n) is 2.96. The fourth-order valence-corrected chi connectivity index (χ4v) is 4.01. The van der Waals surface area contributed by atoms with Gasteiger partial charge in [0, 0.05) is 6.54 Å². The van der Waals surface area contributed by atoms with Crippen molar-refractivity contribution in [3.05, 3.63) is 53.6 Å². The largest absolute Gasteiger partial charge is 0.496 e. The number of rotatable bonds is 8. The minimum atomic E-state index is -3.62. The van der Waals surface area contributed by atoms with E-state index in [1.165, 1.54) is 0 Å². The molecule has 0 aromatic heterocycles. The van der Waals surface area contributed by atoms with E-state index in [-0.39, 0.29) is 29.4 Å². The lowest BCUT2D eigenvalue weighted by Crippen LogP contribution is -2.28. The van der Waals surface area contributed by atoms with Crippen molar-refractivity contribution >= 4 is 10.0 Å². The number of ether oxygens (including phenoxy) is 2. The van der Waals surface area contributed by atoms with Gasteiger partial charge in [0.15, 0.2) is 0 Å². The molecule has 2 rings (SSSR count). The lowest BCUT2D eigenvalue weighted by molar-refractivity contribution is 0.314. The maximum atomic E-state index is 12.6. The summed E-state index contributed by atoms with van der Waals surface area (Å²) < 4.78 is 39.1. The van der Waals surface area contributed by atoms with Gasteiger partial charge in [-0.05, 0) is 46.7 Å². The molecular formula is C22H31NO4S. The summed E-state index contributed by atoms with van der Waals surface area (Å²) in [6.45, 7) is 10.8. The maximum absolute atomic E-state index is 12.6. The van der Waals surface area contributed by atoms with Crippen LogP contribution in [0.2, 0.25) is 0 Å². The Bertz CT molecular complexity index is 899. The first-order valence-corrected chi connectivity index (χ1v) is 10.9. The molecule has 2 aromatic carbocycles. The van der Waals surface area contributed by atoms with E-state index in [0.717, 1.165) is 16.9 Å². The van der Waals surface area contributed by atoms with Crippen LogP contribution in [0.5, 0.6) is 11.5 Å². The highest BCUT2D eigenvalue weighted by Crippen LogP contribution is 2.31. The van der Waals surface area contributed by atoms with Gasteiger partial charge in [-0.2, -0.15) is 0 Å². The molecule has 0 aliphatic rings. The van der Waals surface area contributed by atoms with Crippen LogP contribution >= 0.6 is 0 Å². The van der Waals surface area contributed by atoms with Gasteiger partial charge in [-0.3, -0.25) is 0 Å². The zero-order valence-corrected chi connectivity index (χ0v) is 18.4. The number of benzene rings is 2. The summed E-state index contributed by atoms with van der Waals surface area (Å²) >= 11 is 0. The van der Waals surface area contributed by atoms with Crippen molar-refractivity contribution in [1.82, 2.24) is 4.72 Å². The zero-order chi connectivity index (χ0) is 20.9. The molecule has 0 aliphatic heterocycles. The lowest BCUT2D eigenvalue weighted by atomic mass is 9.86. The SMILES string of the molecule is COc1ccc(S(=O)(=O)NCCOc2ccccc2C(C)(C)C)cc1C(C)C. The normalized spacial score (nSPS) is 12.2. The summed E-state index contributed by atoms with van der Waals surface area (Å²) in [7, 11) is -2.04. The number of hydrogen-bond acceptors (Lipinski definition) is 4. The van der Waals surface area contributed by atoms with E-state index in [2.05, 4.69) is 25.5 Å². The van der Waals surface area contributed by atoms with Crippen LogP contribution in [-0.4, -0.2) is 28.7 Å². The molecule has 0 amide bonds. The summed E-state index contributed by atoms with van der Waals surface area (Å²) in [5.74, 6) is 1.62. The van der Waals surface area contributed by atoms with Crippen LogP contribution in [-0.2, 0) is 15.4 Å². The minimum Gasteiger partial charge on any atom is -0.496 e. The van der Waals surface area contributed by atoms with Crippen molar-refractivity contribution in [3.63, 3.8) is 0 Å². The van der Waals surface area contributed by atoms with Crippen LogP contribution in [0.4, 0.5) is 0 Å². The zero-order valence-electron chi connectivity index (χ0n) is 17.6. The fraction of sp³-hybridized carbons (Fsp3) is 0.455. The predicted octanol–water partition coefficient (Wildman–Crippen LogP) is 4.47. The van der Waals surface area contributed by atoms with Crippen molar-refractivity contribution in [2.45, 2.75) is 50.8 Å². The number of hydrogen-bond donors (Lipinski definition) is 1. The topological polar surface area (TPSA) is 64.6 Å². The van der Waals surface area contributed by atoms with Gasteiger partial charge in [-0.15, -0.1) is 0 Å². The molecule has 0 spiro atoms. The van der Waals surface area contributed by atoms with Crippen LogP contribution in [0.25, 0.3) is 0 Å². The Kier molecular flexibility index (Phi) is 7.12.